The Morgan fingerprint density at radius 1 is 1.00 bits per heavy atom. The van der Waals surface area contributed by atoms with Gasteiger partial charge >= 0.3 is 0 Å². The van der Waals surface area contributed by atoms with Crippen LogP contribution in [0.4, 0.5) is 5.69 Å². The summed E-state index contributed by atoms with van der Waals surface area (Å²) in [6.07, 6.45) is 1.26. The number of nitrogens with zero attached hydrogens (tertiary/aromatic N) is 1. The van der Waals surface area contributed by atoms with Gasteiger partial charge in [-0.3, -0.25) is 0 Å². The van der Waals surface area contributed by atoms with Gasteiger partial charge in [0.2, 0.25) is 0 Å². The molecule has 0 amide bonds. The molecule has 1 aromatic rings. The van der Waals surface area contributed by atoms with Crippen LogP contribution in [0.5, 0.6) is 0 Å². The molecular formula is C14H23N. The van der Waals surface area contributed by atoms with Crippen molar-refractivity contribution in [2.45, 2.75) is 40.2 Å². The molecule has 84 valence electrons. The summed E-state index contributed by atoms with van der Waals surface area (Å²) in [5.74, 6) is 0.773. The molecule has 1 nitrogen and oxygen atoms in total. The van der Waals surface area contributed by atoms with Gasteiger partial charge in [-0.05, 0) is 38.3 Å². The van der Waals surface area contributed by atoms with E-state index in [4.69, 9.17) is 0 Å². The van der Waals surface area contributed by atoms with E-state index in [1.807, 2.05) is 0 Å². The molecule has 15 heavy (non-hydrogen) atoms. The van der Waals surface area contributed by atoms with E-state index < -0.39 is 0 Å². The van der Waals surface area contributed by atoms with Gasteiger partial charge in [-0.2, -0.15) is 0 Å². The Kier molecular flexibility index (Phi) is 4.67. The molecule has 0 bridgehead atoms. The first-order valence-corrected chi connectivity index (χ1v) is 5.93. The lowest BCUT2D eigenvalue weighted by molar-refractivity contribution is 0.551. The molecule has 0 aromatic heterocycles. The van der Waals surface area contributed by atoms with Crippen molar-refractivity contribution >= 4 is 5.69 Å². The molecule has 0 aliphatic carbocycles. The second-order valence-corrected chi connectivity index (χ2v) is 4.81. The summed E-state index contributed by atoms with van der Waals surface area (Å²) in [6.45, 7) is 10.2. The van der Waals surface area contributed by atoms with Crippen LogP contribution in [0.15, 0.2) is 30.3 Å². The highest BCUT2D eigenvalue weighted by atomic mass is 15.1. The molecule has 1 aromatic carbocycles. The standard InChI is InChI=1S/C14H23N/c1-12(2)10-11-15(13(3)4)14-8-6-5-7-9-14/h5-9,12-13H,10-11H2,1-4H3. The first kappa shape index (κ1) is 12.1. The Morgan fingerprint density at radius 2 is 1.60 bits per heavy atom. The minimum absolute atomic E-state index is 0.575. The molecule has 0 unspecified atom stereocenters. The zero-order valence-corrected chi connectivity index (χ0v) is 10.4. The first-order valence-electron chi connectivity index (χ1n) is 5.93. The molecule has 0 radical (unpaired) electrons. The maximum Gasteiger partial charge on any atom is 0.0368 e. The van der Waals surface area contributed by atoms with E-state index in [0.717, 1.165) is 12.5 Å². The number of hydrogen-bond acceptors (Lipinski definition) is 1. The van der Waals surface area contributed by atoms with E-state index in [9.17, 15) is 0 Å². The van der Waals surface area contributed by atoms with Crippen LogP contribution in [-0.4, -0.2) is 12.6 Å². The van der Waals surface area contributed by atoms with Gasteiger partial charge in [-0.1, -0.05) is 32.0 Å². The normalized spacial score (nSPS) is 11.1. The highest BCUT2D eigenvalue weighted by Gasteiger charge is 2.10. The lowest BCUT2D eigenvalue weighted by Gasteiger charge is -2.29. The van der Waals surface area contributed by atoms with Crippen molar-refractivity contribution < 1.29 is 0 Å². The fourth-order valence-electron chi connectivity index (χ4n) is 1.70. The van der Waals surface area contributed by atoms with Crippen LogP contribution >= 0.6 is 0 Å². The number of rotatable bonds is 5. The largest absolute Gasteiger partial charge is 0.369 e. The molecular weight excluding hydrogens is 182 g/mol. The van der Waals surface area contributed by atoms with E-state index in [2.05, 4.69) is 62.9 Å². The summed E-state index contributed by atoms with van der Waals surface area (Å²) in [6, 6.07) is 11.3. The maximum absolute atomic E-state index is 2.47. The van der Waals surface area contributed by atoms with Gasteiger partial charge in [0.15, 0.2) is 0 Å². The van der Waals surface area contributed by atoms with Gasteiger partial charge in [-0.15, -0.1) is 0 Å². The van der Waals surface area contributed by atoms with E-state index in [-0.39, 0.29) is 0 Å². The van der Waals surface area contributed by atoms with Crippen LogP contribution in [0.2, 0.25) is 0 Å². The molecule has 1 heteroatoms. The third-order valence-electron chi connectivity index (χ3n) is 2.66. The molecule has 1 rings (SSSR count). The van der Waals surface area contributed by atoms with E-state index in [1.54, 1.807) is 0 Å². The quantitative estimate of drug-likeness (QED) is 0.703. The van der Waals surface area contributed by atoms with Gasteiger partial charge in [0.1, 0.15) is 0 Å². The van der Waals surface area contributed by atoms with Crippen molar-refractivity contribution in [3.05, 3.63) is 30.3 Å². The van der Waals surface area contributed by atoms with Crippen LogP contribution in [0, 0.1) is 5.92 Å². The van der Waals surface area contributed by atoms with Gasteiger partial charge < -0.3 is 4.90 Å². The monoisotopic (exact) mass is 205 g/mol. The average Bonchev–Trinajstić information content (AvgIpc) is 2.18. The summed E-state index contributed by atoms with van der Waals surface area (Å²) in [5, 5.41) is 0. The van der Waals surface area contributed by atoms with Crippen LogP contribution in [-0.2, 0) is 0 Å². The van der Waals surface area contributed by atoms with Crippen LogP contribution in [0.25, 0.3) is 0 Å². The van der Waals surface area contributed by atoms with Crippen LogP contribution in [0.1, 0.15) is 34.1 Å². The number of hydrogen-bond donors (Lipinski definition) is 0. The zero-order chi connectivity index (χ0) is 11.3. The van der Waals surface area contributed by atoms with Crippen molar-refractivity contribution in [2.75, 3.05) is 11.4 Å². The summed E-state index contributed by atoms with van der Waals surface area (Å²) in [7, 11) is 0. The fraction of sp³-hybridized carbons (Fsp3) is 0.571. The third kappa shape index (κ3) is 3.94. The average molecular weight is 205 g/mol. The topological polar surface area (TPSA) is 3.24 Å². The van der Waals surface area contributed by atoms with Crippen molar-refractivity contribution in [1.82, 2.24) is 0 Å². The highest BCUT2D eigenvalue weighted by Crippen LogP contribution is 2.17. The van der Waals surface area contributed by atoms with Gasteiger partial charge in [0, 0.05) is 18.3 Å². The maximum atomic E-state index is 2.47. The van der Waals surface area contributed by atoms with E-state index >= 15 is 0 Å². The zero-order valence-electron chi connectivity index (χ0n) is 10.4. The lowest BCUT2D eigenvalue weighted by atomic mass is 10.1. The molecule has 0 aliphatic rings. The van der Waals surface area contributed by atoms with Crippen molar-refractivity contribution in [3.63, 3.8) is 0 Å². The number of anilines is 1. The van der Waals surface area contributed by atoms with Gasteiger partial charge in [0.05, 0.1) is 0 Å². The minimum Gasteiger partial charge on any atom is -0.369 e. The number of para-hydroxylation sites is 1. The molecule has 0 saturated carbocycles. The summed E-state index contributed by atoms with van der Waals surface area (Å²) >= 11 is 0. The molecule has 0 saturated heterocycles. The van der Waals surface area contributed by atoms with Crippen molar-refractivity contribution in [3.8, 4) is 0 Å². The highest BCUT2D eigenvalue weighted by molar-refractivity contribution is 5.46. The van der Waals surface area contributed by atoms with E-state index in [0.29, 0.717) is 6.04 Å². The fourth-order valence-corrected chi connectivity index (χ4v) is 1.70. The molecule has 0 spiro atoms. The molecule has 0 fully saturated rings. The Bertz CT molecular complexity index is 264. The smallest absolute Gasteiger partial charge is 0.0368 e. The predicted octanol–water partition coefficient (Wildman–Crippen LogP) is 3.95. The van der Waals surface area contributed by atoms with Crippen molar-refractivity contribution in [1.29, 1.82) is 0 Å². The second kappa shape index (κ2) is 5.79. The van der Waals surface area contributed by atoms with Crippen LogP contribution in [0.3, 0.4) is 0 Å². The summed E-state index contributed by atoms with van der Waals surface area (Å²) in [5.41, 5.74) is 1.34. The SMILES string of the molecule is CC(C)CCN(c1ccccc1)C(C)C. The summed E-state index contributed by atoms with van der Waals surface area (Å²) in [4.78, 5) is 2.47. The Balaban J connectivity index is 2.66. The first-order chi connectivity index (χ1) is 7.11. The number of benzene rings is 1. The van der Waals surface area contributed by atoms with E-state index in [1.165, 1.54) is 12.1 Å². The van der Waals surface area contributed by atoms with Crippen molar-refractivity contribution in [2.24, 2.45) is 5.92 Å². The molecule has 0 atom stereocenters. The molecule has 0 N–H and O–H groups in total. The lowest BCUT2D eigenvalue weighted by Crippen LogP contribution is -2.32. The molecule has 0 aliphatic heterocycles. The third-order valence-corrected chi connectivity index (χ3v) is 2.66. The Morgan fingerprint density at radius 3 is 2.07 bits per heavy atom. The van der Waals surface area contributed by atoms with Gasteiger partial charge in [-0.25, -0.2) is 0 Å². The van der Waals surface area contributed by atoms with Gasteiger partial charge in [0.25, 0.3) is 0 Å². The predicted molar refractivity (Wildman–Crippen MR) is 68.4 cm³/mol. The Labute approximate surface area is 94.1 Å². The Hall–Kier alpha value is -0.980. The summed E-state index contributed by atoms with van der Waals surface area (Å²) < 4.78 is 0. The molecule has 0 heterocycles. The van der Waals surface area contributed by atoms with Crippen LogP contribution < -0.4 is 4.90 Å². The minimum atomic E-state index is 0.575. The second-order valence-electron chi connectivity index (χ2n) is 4.81.